The summed E-state index contributed by atoms with van der Waals surface area (Å²) in [6, 6.07) is 15.7. The molecule has 0 bridgehead atoms. The van der Waals surface area contributed by atoms with E-state index in [1.807, 2.05) is 33.7 Å². The molecular weight excluding hydrogens is 400 g/mol. The molecule has 6 heteroatoms. The molecule has 1 aliphatic rings. The largest absolute Gasteiger partial charge is 0.396 e. The maximum absolute atomic E-state index is 13.2. The van der Waals surface area contributed by atoms with Crippen LogP contribution in [0.5, 0.6) is 0 Å². The van der Waals surface area contributed by atoms with Crippen molar-refractivity contribution in [3.8, 4) is 0 Å². The van der Waals surface area contributed by atoms with E-state index in [9.17, 15) is 9.90 Å². The molecule has 32 heavy (non-hydrogen) atoms. The molecule has 1 saturated heterocycles. The van der Waals surface area contributed by atoms with Crippen LogP contribution in [0.3, 0.4) is 0 Å². The summed E-state index contributed by atoms with van der Waals surface area (Å²) in [5, 5.41) is 10.2. The molecule has 0 spiro atoms. The maximum Gasteiger partial charge on any atom is 0.272 e. The summed E-state index contributed by atoms with van der Waals surface area (Å²) in [4.78, 5) is 22.7. The summed E-state index contributed by atoms with van der Waals surface area (Å²) < 4.78 is 1.86. The van der Waals surface area contributed by atoms with Crippen LogP contribution < -0.4 is 0 Å². The first-order valence-electron chi connectivity index (χ1n) is 10.9. The number of hydrogen-bond acceptors (Lipinski definition) is 3. The molecule has 4 rings (SSSR count). The van der Waals surface area contributed by atoms with Crippen LogP contribution in [0.15, 0.2) is 61.1 Å². The number of aliphatic hydroxyl groups excluding tert-OH is 1. The summed E-state index contributed by atoms with van der Waals surface area (Å²) in [6.45, 7) is 11.1. The number of benzene rings is 2. The third-order valence-electron chi connectivity index (χ3n) is 6.62. The Balaban J connectivity index is 1.43. The fraction of sp³-hybridized carbons (Fsp3) is 0.346. The fourth-order valence-corrected chi connectivity index (χ4v) is 4.45. The predicted octanol–water partition coefficient (Wildman–Crippen LogP) is 4.25. The van der Waals surface area contributed by atoms with E-state index in [1.54, 1.807) is 24.7 Å². The van der Waals surface area contributed by atoms with Gasteiger partial charge >= 0.3 is 0 Å². The van der Waals surface area contributed by atoms with Crippen molar-refractivity contribution in [3.63, 3.8) is 0 Å². The van der Waals surface area contributed by atoms with E-state index in [1.165, 1.54) is 11.1 Å². The van der Waals surface area contributed by atoms with Crippen LogP contribution in [-0.4, -0.2) is 45.2 Å². The van der Waals surface area contributed by atoms with E-state index in [-0.39, 0.29) is 17.9 Å². The van der Waals surface area contributed by atoms with Gasteiger partial charge in [0.25, 0.3) is 5.91 Å². The fourth-order valence-electron chi connectivity index (χ4n) is 4.45. The van der Waals surface area contributed by atoms with Gasteiger partial charge in [0.2, 0.25) is 0 Å². The maximum atomic E-state index is 13.2. The van der Waals surface area contributed by atoms with Gasteiger partial charge in [-0.1, -0.05) is 48.5 Å². The Labute approximate surface area is 189 Å². The summed E-state index contributed by atoms with van der Waals surface area (Å²) >= 11 is 0. The second kappa shape index (κ2) is 9.37. The molecule has 0 unspecified atom stereocenters. The van der Waals surface area contributed by atoms with E-state index < -0.39 is 0 Å². The van der Waals surface area contributed by atoms with Crippen molar-refractivity contribution >= 4 is 11.6 Å². The first-order valence-corrected chi connectivity index (χ1v) is 10.9. The van der Waals surface area contributed by atoms with E-state index in [0.29, 0.717) is 31.0 Å². The molecule has 2 heterocycles. The van der Waals surface area contributed by atoms with Gasteiger partial charge < -0.3 is 14.6 Å². The number of hydrogen-bond donors (Lipinski definition) is 1. The lowest BCUT2D eigenvalue weighted by molar-refractivity contribution is 0.0351. The second-order valence-corrected chi connectivity index (χ2v) is 8.74. The van der Waals surface area contributed by atoms with Gasteiger partial charge in [0, 0.05) is 31.7 Å². The highest BCUT2D eigenvalue weighted by Crippen LogP contribution is 2.36. The van der Waals surface area contributed by atoms with Gasteiger partial charge in [0.15, 0.2) is 5.69 Å². The SMILES string of the molecule is [C-]#[N+]c1ccc(Cn2cncc2C(=O)N2CCC(CO)(Cc3ccccc3C)CC2)cc1. The van der Waals surface area contributed by atoms with Crippen molar-refractivity contribution in [1.82, 2.24) is 14.5 Å². The van der Waals surface area contributed by atoms with Crippen molar-refractivity contribution < 1.29 is 9.90 Å². The molecule has 1 aliphatic heterocycles. The summed E-state index contributed by atoms with van der Waals surface area (Å²) in [7, 11) is 0. The number of imidazole rings is 1. The zero-order valence-electron chi connectivity index (χ0n) is 18.4. The van der Waals surface area contributed by atoms with Crippen LogP contribution in [0.2, 0.25) is 0 Å². The molecule has 6 nitrogen and oxygen atoms in total. The highest BCUT2D eigenvalue weighted by atomic mass is 16.3. The number of aliphatic hydroxyl groups is 1. The van der Waals surface area contributed by atoms with Crippen LogP contribution in [0, 0.1) is 18.9 Å². The Kier molecular flexibility index (Phi) is 6.38. The normalized spacial score (nSPS) is 15.3. The molecule has 1 fully saturated rings. The minimum atomic E-state index is -0.187. The van der Waals surface area contributed by atoms with Crippen LogP contribution in [0.4, 0.5) is 5.69 Å². The van der Waals surface area contributed by atoms with Crippen molar-refractivity contribution in [2.45, 2.75) is 32.7 Å². The van der Waals surface area contributed by atoms with Crippen molar-refractivity contribution in [2.24, 2.45) is 5.41 Å². The predicted molar refractivity (Wildman–Crippen MR) is 124 cm³/mol. The first kappa shape index (κ1) is 21.8. The van der Waals surface area contributed by atoms with Crippen LogP contribution in [0.25, 0.3) is 4.85 Å². The number of amides is 1. The molecule has 0 saturated carbocycles. The Hall–Kier alpha value is -3.43. The molecule has 1 N–H and O–H groups in total. The number of likely N-dealkylation sites (tertiary alicyclic amines) is 1. The standard InChI is InChI=1S/C26H28N4O2/c1-20-5-3-4-6-22(20)15-26(18-31)11-13-29(14-12-26)25(32)24-16-28-19-30(24)17-21-7-9-23(27-2)10-8-21/h3-10,16,19,31H,11-15,17-18H2,1H3. The van der Waals surface area contributed by atoms with Gasteiger partial charge in [-0.25, -0.2) is 9.83 Å². The summed E-state index contributed by atoms with van der Waals surface area (Å²) in [5.41, 5.74) is 4.50. The summed E-state index contributed by atoms with van der Waals surface area (Å²) in [6.07, 6.45) is 5.68. The number of carbonyl (C=O) groups excluding carboxylic acids is 1. The zero-order valence-corrected chi connectivity index (χ0v) is 18.4. The second-order valence-electron chi connectivity index (χ2n) is 8.74. The van der Waals surface area contributed by atoms with E-state index in [2.05, 4.69) is 28.9 Å². The topological polar surface area (TPSA) is 62.7 Å². The van der Waals surface area contributed by atoms with E-state index in [4.69, 9.17) is 6.57 Å². The first-order chi connectivity index (χ1) is 15.5. The lowest BCUT2D eigenvalue weighted by atomic mass is 9.74. The molecule has 164 valence electrons. The smallest absolute Gasteiger partial charge is 0.272 e. The lowest BCUT2D eigenvalue weighted by Gasteiger charge is -2.41. The van der Waals surface area contributed by atoms with Crippen LogP contribution >= 0.6 is 0 Å². The number of piperidine rings is 1. The van der Waals surface area contributed by atoms with Gasteiger partial charge in [-0.3, -0.25) is 4.79 Å². The van der Waals surface area contributed by atoms with Crippen molar-refractivity contribution in [1.29, 1.82) is 0 Å². The van der Waals surface area contributed by atoms with Gasteiger partial charge in [-0.05, 0) is 42.9 Å². The number of carbonyl (C=O) groups is 1. The van der Waals surface area contributed by atoms with Gasteiger partial charge in [0.05, 0.1) is 19.1 Å². The molecular formula is C26H28N4O2. The molecule has 3 aromatic rings. The number of aromatic nitrogens is 2. The Bertz CT molecular complexity index is 1120. The monoisotopic (exact) mass is 428 g/mol. The van der Waals surface area contributed by atoms with E-state index >= 15 is 0 Å². The average molecular weight is 429 g/mol. The highest BCUT2D eigenvalue weighted by Gasteiger charge is 2.36. The highest BCUT2D eigenvalue weighted by molar-refractivity contribution is 5.92. The molecule has 2 aromatic carbocycles. The zero-order chi connectivity index (χ0) is 22.6. The molecule has 1 amide bonds. The van der Waals surface area contributed by atoms with Crippen LogP contribution in [0.1, 0.15) is 40.0 Å². The van der Waals surface area contributed by atoms with E-state index in [0.717, 1.165) is 24.8 Å². The number of rotatable bonds is 6. The minimum absolute atomic E-state index is 0.0253. The number of nitrogens with zero attached hydrogens (tertiary/aromatic N) is 4. The van der Waals surface area contributed by atoms with Gasteiger partial charge in [0.1, 0.15) is 5.69 Å². The van der Waals surface area contributed by atoms with Crippen molar-refractivity contribution in [3.05, 3.63) is 94.9 Å². The van der Waals surface area contributed by atoms with Crippen molar-refractivity contribution in [2.75, 3.05) is 19.7 Å². The molecule has 0 atom stereocenters. The third-order valence-corrected chi connectivity index (χ3v) is 6.62. The number of aryl methyl sites for hydroxylation is 1. The Morgan fingerprint density at radius 1 is 1.16 bits per heavy atom. The van der Waals surface area contributed by atoms with Crippen LogP contribution in [-0.2, 0) is 13.0 Å². The minimum Gasteiger partial charge on any atom is -0.396 e. The Morgan fingerprint density at radius 2 is 1.88 bits per heavy atom. The quantitative estimate of drug-likeness (QED) is 0.597. The van der Waals surface area contributed by atoms with Gasteiger partial charge in [-0.15, -0.1) is 0 Å². The third kappa shape index (κ3) is 4.58. The Morgan fingerprint density at radius 3 is 2.53 bits per heavy atom. The van der Waals surface area contributed by atoms with Gasteiger partial charge in [-0.2, -0.15) is 0 Å². The average Bonchev–Trinajstić information content (AvgIpc) is 3.29. The molecule has 0 radical (unpaired) electrons. The lowest BCUT2D eigenvalue weighted by Crippen LogP contribution is -2.46. The molecule has 1 aromatic heterocycles. The summed E-state index contributed by atoms with van der Waals surface area (Å²) in [5.74, 6) is -0.0253. The molecule has 0 aliphatic carbocycles.